The summed E-state index contributed by atoms with van der Waals surface area (Å²) in [7, 11) is -3.79. The van der Waals surface area contributed by atoms with Gasteiger partial charge in [-0.3, -0.25) is 0 Å². The average Bonchev–Trinajstić information content (AvgIpc) is 2.58. The molecule has 0 aliphatic carbocycles. The second-order valence-electron chi connectivity index (χ2n) is 6.57. The SMILES string of the molecule is CC(C)(C)NS(=O)(=O)c1cc[nH]c1C(=O)OC(C)(C)C. The Balaban J connectivity index is 3.12. The van der Waals surface area contributed by atoms with Crippen molar-refractivity contribution in [2.24, 2.45) is 0 Å². The van der Waals surface area contributed by atoms with Crippen LogP contribution in [0.25, 0.3) is 0 Å². The molecule has 0 aliphatic heterocycles. The molecule has 2 N–H and O–H groups in total. The number of hydrogen-bond donors (Lipinski definition) is 2. The average molecular weight is 302 g/mol. The summed E-state index contributed by atoms with van der Waals surface area (Å²) < 4.78 is 32.2. The predicted molar refractivity (Wildman–Crippen MR) is 76.0 cm³/mol. The Kier molecular flexibility index (Phi) is 4.36. The lowest BCUT2D eigenvalue weighted by molar-refractivity contribution is 0.00590. The Morgan fingerprint density at radius 2 is 1.75 bits per heavy atom. The molecule has 0 fully saturated rings. The van der Waals surface area contributed by atoms with Gasteiger partial charge in [0.05, 0.1) is 0 Å². The maximum Gasteiger partial charge on any atom is 0.356 e. The van der Waals surface area contributed by atoms with Crippen molar-refractivity contribution in [1.82, 2.24) is 9.71 Å². The number of hydrogen-bond acceptors (Lipinski definition) is 4. The Labute approximate surface area is 120 Å². The van der Waals surface area contributed by atoms with E-state index < -0.39 is 27.1 Å². The third kappa shape index (κ3) is 4.64. The molecule has 6 nitrogen and oxygen atoms in total. The normalized spacial score (nSPS) is 13.3. The molecule has 0 unspecified atom stereocenters. The van der Waals surface area contributed by atoms with Crippen LogP contribution in [0.2, 0.25) is 0 Å². The van der Waals surface area contributed by atoms with Crippen molar-refractivity contribution in [3.05, 3.63) is 18.0 Å². The zero-order chi connectivity index (χ0) is 15.8. The monoisotopic (exact) mass is 302 g/mol. The first-order chi connectivity index (χ1) is 8.82. The molecule has 0 saturated heterocycles. The van der Waals surface area contributed by atoms with E-state index in [9.17, 15) is 13.2 Å². The highest BCUT2D eigenvalue weighted by Gasteiger charge is 2.30. The topological polar surface area (TPSA) is 88.3 Å². The fourth-order valence-electron chi connectivity index (χ4n) is 1.53. The number of aromatic amines is 1. The minimum Gasteiger partial charge on any atom is -0.455 e. The molecular weight excluding hydrogens is 280 g/mol. The van der Waals surface area contributed by atoms with E-state index in [4.69, 9.17) is 4.74 Å². The molecule has 0 amide bonds. The van der Waals surface area contributed by atoms with Crippen LogP contribution >= 0.6 is 0 Å². The van der Waals surface area contributed by atoms with Crippen molar-refractivity contribution in [1.29, 1.82) is 0 Å². The van der Waals surface area contributed by atoms with E-state index in [1.54, 1.807) is 41.5 Å². The number of H-pyrrole nitrogens is 1. The molecule has 1 aromatic heterocycles. The van der Waals surface area contributed by atoms with Gasteiger partial charge in [-0.15, -0.1) is 0 Å². The number of aromatic nitrogens is 1. The van der Waals surface area contributed by atoms with E-state index in [-0.39, 0.29) is 10.6 Å². The second-order valence-corrected chi connectivity index (χ2v) is 8.23. The highest BCUT2D eigenvalue weighted by atomic mass is 32.2. The van der Waals surface area contributed by atoms with Gasteiger partial charge in [-0.1, -0.05) is 0 Å². The van der Waals surface area contributed by atoms with Gasteiger partial charge < -0.3 is 9.72 Å². The van der Waals surface area contributed by atoms with Crippen LogP contribution in [0.15, 0.2) is 17.2 Å². The lowest BCUT2D eigenvalue weighted by Crippen LogP contribution is -2.41. The molecular formula is C13H22N2O4S. The van der Waals surface area contributed by atoms with Crippen LogP contribution in [0.4, 0.5) is 0 Å². The Morgan fingerprint density at radius 1 is 1.20 bits per heavy atom. The molecule has 0 atom stereocenters. The lowest BCUT2D eigenvalue weighted by Gasteiger charge is -2.21. The maximum absolute atomic E-state index is 12.3. The van der Waals surface area contributed by atoms with Gasteiger partial charge in [-0.2, -0.15) is 0 Å². The highest BCUT2D eigenvalue weighted by molar-refractivity contribution is 7.89. The van der Waals surface area contributed by atoms with E-state index in [1.807, 2.05) is 0 Å². The van der Waals surface area contributed by atoms with E-state index >= 15 is 0 Å². The lowest BCUT2D eigenvalue weighted by atomic mass is 10.1. The summed E-state index contributed by atoms with van der Waals surface area (Å²) in [5.41, 5.74) is -1.40. The van der Waals surface area contributed by atoms with Crippen molar-refractivity contribution >= 4 is 16.0 Å². The van der Waals surface area contributed by atoms with Crippen LogP contribution in [0.1, 0.15) is 52.0 Å². The molecule has 0 aliphatic rings. The number of carbonyl (C=O) groups excluding carboxylic acids is 1. The van der Waals surface area contributed by atoms with Gasteiger partial charge in [0.1, 0.15) is 16.2 Å². The highest BCUT2D eigenvalue weighted by Crippen LogP contribution is 2.19. The minimum absolute atomic E-state index is 0.0725. The van der Waals surface area contributed by atoms with Gasteiger partial charge in [0.15, 0.2) is 0 Å². The second kappa shape index (κ2) is 5.21. The fourth-order valence-corrected chi connectivity index (χ4v) is 3.10. The first kappa shape index (κ1) is 16.7. The molecule has 20 heavy (non-hydrogen) atoms. The standard InChI is InChI=1S/C13H22N2O4S/c1-12(2,3)15-20(17,18)9-7-8-14-10(9)11(16)19-13(4,5)6/h7-8,14-15H,1-6H3. The number of carbonyl (C=O) groups is 1. The Morgan fingerprint density at radius 3 is 2.20 bits per heavy atom. The van der Waals surface area contributed by atoms with E-state index in [0.29, 0.717) is 0 Å². The van der Waals surface area contributed by atoms with Crippen molar-refractivity contribution in [2.45, 2.75) is 57.6 Å². The van der Waals surface area contributed by atoms with E-state index in [1.165, 1.54) is 12.3 Å². The zero-order valence-electron chi connectivity index (χ0n) is 12.7. The smallest absolute Gasteiger partial charge is 0.356 e. The van der Waals surface area contributed by atoms with Crippen LogP contribution in [-0.2, 0) is 14.8 Å². The summed E-state index contributed by atoms with van der Waals surface area (Å²) in [5.74, 6) is -0.697. The molecule has 0 saturated carbocycles. The minimum atomic E-state index is -3.79. The van der Waals surface area contributed by atoms with Crippen molar-refractivity contribution in [3.63, 3.8) is 0 Å². The van der Waals surface area contributed by atoms with Crippen molar-refractivity contribution < 1.29 is 17.9 Å². The van der Waals surface area contributed by atoms with Gasteiger partial charge in [-0.05, 0) is 47.6 Å². The quantitative estimate of drug-likeness (QED) is 0.836. The number of rotatable bonds is 3. The van der Waals surface area contributed by atoms with E-state index in [0.717, 1.165) is 0 Å². The van der Waals surface area contributed by atoms with Gasteiger partial charge in [0.2, 0.25) is 10.0 Å². The summed E-state index contributed by atoms with van der Waals surface area (Å²) in [6.45, 7) is 10.3. The fraction of sp³-hybridized carbons (Fsp3) is 0.615. The van der Waals surface area contributed by atoms with Crippen LogP contribution in [0.5, 0.6) is 0 Å². The summed E-state index contributed by atoms with van der Waals surface area (Å²) >= 11 is 0. The zero-order valence-corrected chi connectivity index (χ0v) is 13.5. The Bertz CT molecular complexity index is 589. The maximum atomic E-state index is 12.3. The first-order valence-corrected chi connectivity index (χ1v) is 7.75. The third-order valence-electron chi connectivity index (χ3n) is 2.04. The van der Waals surface area contributed by atoms with Crippen LogP contribution < -0.4 is 4.72 Å². The first-order valence-electron chi connectivity index (χ1n) is 6.26. The third-order valence-corrected chi connectivity index (χ3v) is 3.84. The Hall–Kier alpha value is -1.34. The van der Waals surface area contributed by atoms with Gasteiger partial charge >= 0.3 is 5.97 Å². The number of ether oxygens (including phenoxy) is 1. The van der Waals surface area contributed by atoms with E-state index in [2.05, 4.69) is 9.71 Å². The molecule has 0 bridgehead atoms. The molecule has 0 aromatic carbocycles. The van der Waals surface area contributed by atoms with Crippen molar-refractivity contribution in [3.8, 4) is 0 Å². The van der Waals surface area contributed by atoms with Crippen LogP contribution in [-0.4, -0.2) is 30.5 Å². The van der Waals surface area contributed by atoms with Gasteiger partial charge in [0.25, 0.3) is 0 Å². The van der Waals surface area contributed by atoms with Gasteiger partial charge in [-0.25, -0.2) is 17.9 Å². The van der Waals surface area contributed by atoms with Gasteiger partial charge in [0, 0.05) is 11.7 Å². The predicted octanol–water partition coefficient (Wildman–Crippen LogP) is 2.05. The molecule has 114 valence electrons. The molecule has 0 radical (unpaired) electrons. The summed E-state index contributed by atoms with van der Waals surface area (Å²) in [4.78, 5) is 14.5. The molecule has 1 aromatic rings. The number of sulfonamides is 1. The van der Waals surface area contributed by atoms with Crippen LogP contribution in [0, 0.1) is 0 Å². The number of esters is 1. The molecule has 7 heteroatoms. The largest absolute Gasteiger partial charge is 0.455 e. The summed E-state index contributed by atoms with van der Waals surface area (Å²) in [6.07, 6.45) is 1.40. The summed E-state index contributed by atoms with van der Waals surface area (Å²) in [5, 5.41) is 0. The molecule has 0 spiro atoms. The van der Waals surface area contributed by atoms with Crippen molar-refractivity contribution in [2.75, 3.05) is 0 Å². The number of nitrogens with one attached hydrogen (secondary N) is 2. The van der Waals surface area contributed by atoms with Crippen LogP contribution in [0.3, 0.4) is 0 Å². The molecule has 1 heterocycles. The molecule has 1 rings (SSSR count). The summed E-state index contributed by atoms with van der Waals surface area (Å²) in [6, 6.07) is 1.34.